The molecule has 0 aliphatic carbocycles. The molecule has 14 heavy (non-hydrogen) atoms. The number of nitrogens with two attached hydrogens (primary N) is 1. The zero-order valence-electron chi connectivity index (χ0n) is 9.42. The highest BCUT2D eigenvalue weighted by Crippen LogP contribution is 2.12. The molecule has 0 atom stereocenters. The number of nitriles is 1. The first-order chi connectivity index (χ1) is 6.58. The Morgan fingerprint density at radius 1 is 1.43 bits per heavy atom. The number of rotatable bonds is 7. The van der Waals surface area contributed by atoms with Gasteiger partial charge in [-0.1, -0.05) is 0 Å². The van der Waals surface area contributed by atoms with E-state index in [2.05, 4.69) is 24.8 Å². The molecule has 0 bridgehead atoms. The van der Waals surface area contributed by atoms with E-state index in [1.165, 1.54) is 0 Å². The molecule has 0 aliphatic rings. The number of hydrogen-bond donors (Lipinski definition) is 1. The first-order valence-electron chi connectivity index (χ1n) is 4.89. The summed E-state index contributed by atoms with van der Waals surface area (Å²) in [5.41, 5.74) is 5.63. The van der Waals surface area contributed by atoms with Crippen LogP contribution in [0.1, 0.15) is 20.3 Å². The van der Waals surface area contributed by atoms with Gasteiger partial charge in [-0.15, -0.1) is 0 Å². The van der Waals surface area contributed by atoms with Crippen LogP contribution in [0.15, 0.2) is 0 Å². The highest BCUT2D eigenvalue weighted by atomic mass is 16.5. The van der Waals surface area contributed by atoms with E-state index >= 15 is 0 Å². The van der Waals surface area contributed by atoms with Crippen molar-refractivity contribution in [1.82, 2.24) is 4.90 Å². The fourth-order valence-electron chi connectivity index (χ4n) is 1.23. The standard InChI is InChI=1S/C10H21N3O/c1-10(2,9-12)13(6-4-5-11)7-8-14-3/h4,6-9,12H2,1-3H3. The van der Waals surface area contributed by atoms with E-state index in [-0.39, 0.29) is 5.54 Å². The second-order valence-corrected chi connectivity index (χ2v) is 3.90. The third kappa shape index (κ3) is 4.56. The average Bonchev–Trinajstić information content (AvgIpc) is 2.17. The van der Waals surface area contributed by atoms with E-state index in [4.69, 9.17) is 15.7 Å². The largest absolute Gasteiger partial charge is 0.383 e. The normalized spacial score (nSPS) is 11.7. The number of methoxy groups -OCH3 is 1. The maximum absolute atomic E-state index is 8.54. The fourth-order valence-corrected chi connectivity index (χ4v) is 1.23. The maximum Gasteiger partial charge on any atom is 0.0635 e. The van der Waals surface area contributed by atoms with Crippen LogP contribution in [0, 0.1) is 11.3 Å². The lowest BCUT2D eigenvalue weighted by molar-refractivity contribution is 0.0833. The van der Waals surface area contributed by atoms with E-state index in [0.717, 1.165) is 13.1 Å². The molecule has 0 spiro atoms. The molecule has 82 valence electrons. The summed E-state index contributed by atoms with van der Waals surface area (Å²) in [7, 11) is 1.68. The molecule has 0 radical (unpaired) electrons. The Morgan fingerprint density at radius 3 is 2.50 bits per heavy atom. The van der Waals surface area contributed by atoms with Crippen LogP contribution in [0.4, 0.5) is 0 Å². The minimum Gasteiger partial charge on any atom is -0.383 e. The Kier molecular flexibility index (Phi) is 6.46. The van der Waals surface area contributed by atoms with Crippen molar-refractivity contribution in [3.05, 3.63) is 0 Å². The average molecular weight is 199 g/mol. The van der Waals surface area contributed by atoms with Crippen LogP contribution in [0.5, 0.6) is 0 Å². The second kappa shape index (κ2) is 6.77. The van der Waals surface area contributed by atoms with Gasteiger partial charge >= 0.3 is 0 Å². The Bertz CT molecular complexity index is 186. The van der Waals surface area contributed by atoms with Crippen LogP contribution in [-0.2, 0) is 4.74 Å². The van der Waals surface area contributed by atoms with Crippen molar-refractivity contribution in [1.29, 1.82) is 5.26 Å². The lowest BCUT2D eigenvalue weighted by Crippen LogP contribution is -2.50. The van der Waals surface area contributed by atoms with Crippen molar-refractivity contribution >= 4 is 0 Å². The zero-order chi connectivity index (χ0) is 11.0. The quantitative estimate of drug-likeness (QED) is 0.651. The molecular weight excluding hydrogens is 178 g/mol. The van der Waals surface area contributed by atoms with Gasteiger partial charge in [0.1, 0.15) is 0 Å². The van der Waals surface area contributed by atoms with Crippen LogP contribution in [-0.4, -0.2) is 43.8 Å². The number of ether oxygens (including phenoxy) is 1. The molecule has 0 aromatic carbocycles. The topological polar surface area (TPSA) is 62.3 Å². The van der Waals surface area contributed by atoms with Gasteiger partial charge in [0.15, 0.2) is 0 Å². The minimum absolute atomic E-state index is 0.0601. The SMILES string of the molecule is COCCN(CCC#N)C(C)(C)CN. The van der Waals surface area contributed by atoms with Gasteiger partial charge < -0.3 is 10.5 Å². The molecule has 4 heteroatoms. The molecule has 0 aromatic rings. The Labute approximate surface area is 86.6 Å². The molecule has 0 rings (SSSR count). The minimum atomic E-state index is -0.0601. The first kappa shape index (κ1) is 13.4. The Hall–Kier alpha value is -0.630. The van der Waals surface area contributed by atoms with E-state index in [1.807, 2.05) is 0 Å². The summed E-state index contributed by atoms with van der Waals surface area (Å²) >= 11 is 0. The van der Waals surface area contributed by atoms with Gasteiger partial charge in [0.25, 0.3) is 0 Å². The van der Waals surface area contributed by atoms with Crippen molar-refractivity contribution in [2.45, 2.75) is 25.8 Å². The van der Waals surface area contributed by atoms with Gasteiger partial charge in [0.05, 0.1) is 12.7 Å². The summed E-state index contributed by atoms with van der Waals surface area (Å²) in [4.78, 5) is 2.19. The van der Waals surface area contributed by atoms with Crippen molar-refractivity contribution in [3.63, 3.8) is 0 Å². The summed E-state index contributed by atoms with van der Waals surface area (Å²) in [6.45, 7) is 7.00. The van der Waals surface area contributed by atoms with Crippen molar-refractivity contribution < 1.29 is 4.74 Å². The van der Waals surface area contributed by atoms with Crippen LogP contribution in [0.25, 0.3) is 0 Å². The van der Waals surface area contributed by atoms with Gasteiger partial charge in [-0.2, -0.15) is 5.26 Å². The predicted molar refractivity (Wildman–Crippen MR) is 56.8 cm³/mol. The van der Waals surface area contributed by atoms with E-state index in [9.17, 15) is 0 Å². The highest BCUT2D eigenvalue weighted by molar-refractivity contribution is 4.84. The first-order valence-corrected chi connectivity index (χ1v) is 4.89. The van der Waals surface area contributed by atoms with Gasteiger partial charge in [-0.3, -0.25) is 4.90 Å². The molecule has 0 heterocycles. The number of nitrogens with zero attached hydrogens (tertiary/aromatic N) is 2. The van der Waals surface area contributed by atoms with Gasteiger partial charge in [0, 0.05) is 38.7 Å². The smallest absolute Gasteiger partial charge is 0.0635 e. The van der Waals surface area contributed by atoms with E-state index < -0.39 is 0 Å². The molecule has 0 saturated heterocycles. The number of hydrogen-bond acceptors (Lipinski definition) is 4. The molecular formula is C10H21N3O. The molecule has 2 N–H and O–H groups in total. The van der Waals surface area contributed by atoms with Crippen molar-refractivity contribution in [3.8, 4) is 6.07 Å². The Morgan fingerprint density at radius 2 is 2.07 bits per heavy atom. The van der Waals surface area contributed by atoms with Crippen LogP contribution >= 0.6 is 0 Å². The highest BCUT2D eigenvalue weighted by Gasteiger charge is 2.24. The molecule has 4 nitrogen and oxygen atoms in total. The molecule has 0 amide bonds. The van der Waals surface area contributed by atoms with Gasteiger partial charge in [-0.25, -0.2) is 0 Å². The molecule has 0 unspecified atom stereocenters. The lowest BCUT2D eigenvalue weighted by atomic mass is 10.0. The summed E-state index contributed by atoms with van der Waals surface area (Å²) < 4.78 is 5.03. The van der Waals surface area contributed by atoms with Crippen molar-refractivity contribution in [2.24, 2.45) is 5.73 Å². The molecule has 0 saturated carbocycles. The summed E-state index contributed by atoms with van der Waals surface area (Å²) in [5, 5.41) is 8.54. The van der Waals surface area contributed by atoms with Gasteiger partial charge in [-0.05, 0) is 13.8 Å². The van der Waals surface area contributed by atoms with Crippen LogP contribution in [0.3, 0.4) is 0 Å². The van der Waals surface area contributed by atoms with Crippen LogP contribution < -0.4 is 5.73 Å². The van der Waals surface area contributed by atoms with Gasteiger partial charge in [0.2, 0.25) is 0 Å². The monoisotopic (exact) mass is 199 g/mol. The molecule has 0 fully saturated rings. The van der Waals surface area contributed by atoms with E-state index in [0.29, 0.717) is 19.6 Å². The maximum atomic E-state index is 8.54. The predicted octanol–water partition coefficient (Wildman–Crippen LogP) is 0.586. The van der Waals surface area contributed by atoms with E-state index in [1.54, 1.807) is 7.11 Å². The summed E-state index contributed by atoms with van der Waals surface area (Å²) in [6.07, 6.45) is 0.535. The molecule has 0 aromatic heterocycles. The lowest BCUT2D eigenvalue weighted by Gasteiger charge is -2.37. The van der Waals surface area contributed by atoms with Crippen molar-refractivity contribution in [2.75, 3.05) is 33.4 Å². The molecule has 0 aliphatic heterocycles. The summed E-state index contributed by atoms with van der Waals surface area (Å²) in [5.74, 6) is 0. The third-order valence-electron chi connectivity index (χ3n) is 2.41. The fraction of sp³-hybridized carbons (Fsp3) is 0.900. The summed E-state index contributed by atoms with van der Waals surface area (Å²) in [6, 6.07) is 2.15. The third-order valence-corrected chi connectivity index (χ3v) is 2.41. The zero-order valence-corrected chi connectivity index (χ0v) is 9.42. The second-order valence-electron chi connectivity index (χ2n) is 3.90. The van der Waals surface area contributed by atoms with Crippen LogP contribution in [0.2, 0.25) is 0 Å². The Balaban J connectivity index is 4.16.